The Bertz CT molecular complexity index is 350. The number of rotatable bonds is 10. The lowest BCUT2D eigenvalue weighted by Crippen LogP contribution is -2.05. The second kappa shape index (κ2) is 9.76. The molecule has 0 atom stereocenters. The largest absolute Gasteiger partial charge is 0.369 e. The molecule has 0 bridgehead atoms. The van der Waals surface area contributed by atoms with E-state index >= 15 is 0 Å². The van der Waals surface area contributed by atoms with E-state index in [0.29, 0.717) is 0 Å². The minimum Gasteiger partial charge on any atom is -0.369 e. The summed E-state index contributed by atoms with van der Waals surface area (Å²) in [5.41, 5.74) is 2.03. The molecule has 0 aliphatic carbocycles. The number of unbranched alkanes of at least 4 members (excludes halogenated alkanes) is 7. The zero-order valence-electron chi connectivity index (χ0n) is 12.8. The first kappa shape index (κ1) is 15.9. The monoisotopic (exact) mass is 263 g/mol. The smallest absolute Gasteiger partial charge is 0.144 e. The van der Waals surface area contributed by atoms with Gasteiger partial charge in [0.1, 0.15) is 5.82 Å². The highest BCUT2D eigenvalue weighted by Crippen LogP contribution is 2.09. The number of aryl methyl sites for hydroxylation is 2. The zero-order chi connectivity index (χ0) is 13.9. The van der Waals surface area contributed by atoms with Crippen LogP contribution in [0.3, 0.4) is 0 Å². The van der Waals surface area contributed by atoms with Gasteiger partial charge in [-0.3, -0.25) is 4.98 Å². The van der Waals surface area contributed by atoms with E-state index < -0.39 is 0 Å². The molecule has 1 aromatic rings. The Kier molecular flexibility index (Phi) is 8.19. The van der Waals surface area contributed by atoms with Crippen molar-refractivity contribution in [2.24, 2.45) is 0 Å². The summed E-state index contributed by atoms with van der Waals surface area (Å²) in [6.07, 6.45) is 12.7. The average Bonchev–Trinajstić information content (AvgIpc) is 2.41. The molecule has 0 unspecified atom stereocenters. The van der Waals surface area contributed by atoms with E-state index in [4.69, 9.17) is 0 Å². The maximum absolute atomic E-state index is 4.47. The molecule has 19 heavy (non-hydrogen) atoms. The maximum atomic E-state index is 4.47. The van der Waals surface area contributed by atoms with Crippen molar-refractivity contribution in [3.05, 3.63) is 17.6 Å². The van der Waals surface area contributed by atoms with Crippen LogP contribution in [-0.2, 0) is 0 Å². The van der Waals surface area contributed by atoms with Crippen molar-refractivity contribution in [2.75, 3.05) is 11.9 Å². The topological polar surface area (TPSA) is 37.8 Å². The average molecular weight is 263 g/mol. The molecule has 0 aromatic carbocycles. The Balaban J connectivity index is 2.00. The summed E-state index contributed by atoms with van der Waals surface area (Å²) < 4.78 is 0. The predicted molar refractivity (Wildman–Crippen MR) is 82.6 cm³/mol. The van der Waals surface area contributed by atoms with Gasteiger partial charge in [0.2, 0.25) is 0 Å². The molecule has 0 spiro atoms. The van der Waals surface area contributed by atoms with Crippen LogP contribution in [0.1, 0.15) is 69.7 Å². The summed E-state index contributed by atoms with van der Waals surface area (Å²) in [5.74, 6) is 0.908. The molecule has 0 fully saturated rings. The summed E-state index contributed by atoms with van der Waals surface area (Å²) in [6, 6.07) is 0. The fraction of sp³-hybridized carbons (Fsp3) is 0.750. The van der Waals surface area contributed by atoms with Gasteiger partial charge in [-0.15, -0.1) is 0 Å². The van der Waals surface area contributed by atoms with Gasteiger partial charge in [-0.2, -0.15) is 0 Å². The van der Waals surface area contributed by atoms with Crippen LogP contribution in [0.15, 0.2) is 6.20 Å². The first-order valence-corrected chi connectivity index (χ1v) is 7.78. The molecule has 0 aliphatic heterocycles. The second-order valence-corrected chi connectivity index (χ2v) is 5.33. The number of aromatic nitrogens is 2. The van der Waals surface area contributed by atoms with Crippen LogP contribution in [0.4, 0.5) is 5.82 Å². The van der Waals surface area contributed by atoms with Crippen LogP contribution in [0.2, 0.25) is 0 Å². The fourth-order valence-corrected chi connectivity index (χ4v) is 2.10. The molecule has 1 N–H and O–H groups in total. The van der Waals surface area contributed by atoms with Crippen LogP contribution in [0.25, 0.3) is 0 Å². The summed E-state index contributed by atoms with van der Waals surface area (Å²) >= 11 is 0. The van der Waals surface area contributed by atoms with Gasteiger partial charge in [0.05, 0.1) is 17.6 Å². The van der Waals surface area contributed by atoms with Gasteiger partial charge in [0.15, 0.2) is 0 Å². The van der Waals surface area contributed by atoms with Crippen molar-refractivity contribution < 1.29 is 0 Å². The molecule has 3 heteroatoms. The van der Waals surface area contributed by atoms with Gasteiger partial charge in [-0.1, -0.05) is 51.9 Å². The molecule has 108 valence electrons. The van der Waals surface area contributed by atoms with Gasteiger partial charge in [-0.25, -0.2) is 4.98 Å². The third-order valence-electron chi connectivity index (χ3n) is 3.53. The Labute approximate surface area is 118 Å². The highest BCUT2D eigenvalue weighted by molar-refractivity contribution is 5.32. The van der Waals surface area contributed by atoms with Gasteiger partial charge >= 0.3 is 0 Å². The summed E-state index contributed by atoms with van der Waals surface area (Å²) in [6.45, 7) is 7.27. The summed E-state index contributed by atoms with van der Waals surface area (Å²) in [4.78, 5) is 8.78. The highest BCUT2D eigenvalue weighted by Gasteiger charge is 1.98. The molecule has 0 saturated carbocycles. The lowest BCUT2D eigenvalue weighted by Gasteiger charge is -2.07. The molecule has 0 amide bonds. The number of hydrogen-bond donors (Lipinski definition) is 1. The highest BCUT2D eigenvalue weighted by atomic mass is 15.0. The van der Waals surface area contributed by atoms with Crippen molar-refractivity contribution in [3.63, 3.8) is 0 Å². The fourth-order valence-electron chi connectivity index (χ4n) is 2.10. The number of anilines is 1. The van der Waals surface area contributed by atoms with E-state index in [1.165, 1.54) is 51.4 Å². The van der Waals surface area contributed by atoms with Crippen molar-refractivity contribution in [1.82, 2.24) is 9.97 Å². The third-order valence-corrected chi connectivity index (χ3v) is 3.53. The summed E-state index contributed by atoms with van der Waals surface area (Å²) in [5, 5.41) is 3.35. The Morgan fingerprint density at radius 1 is 0.895 bits per heavy atom. The van der Waals surface area contributed by atoms with Gasteiger partial charge in [-0.05, 0) is 20.3 Å². The van der Waals surface area contributed by atoms with E-state index in [1.807, 2.05) is 20.0 Å². The first-order chi connectivity index (χ1) is 9.24. The standard InChI is InChI=1S/C16H29N3/c1-4-5-6-7-8-9-10-11-12-17-16-13-18-14(2)15(3)19-16/h13H,4-12H2,1-3H3,(H,17,19). The van der Waals surface area contributed by atoms with Crippen molar-refractivity contribution in [3.8, 4) is 0 Å². The maximum Gasteiger partial charge on any atom is 0.144 e. The molecule has 1 aromatic heterocycles. The normalized spacial score (nSPS) is 10.7. The summed E-state index contributed by atoms with van der Waals surface area (Å²) in [7, 11) is 0. The quantitative estimate of drug-likeness (QED) is 0.625. The van der Waals surface area contributed by atoms with Crippen molar-refractivity contribution >= 4 is 5.82 Å². The van der Waals surface area contributed by atoms with Crippen LogP contribution >= 0.6 is 0 Å². The molecule has 0 saturated heterocycles. The van der Waals surface area contributed by atoms with Gasteiger partial charge in [0.25, 0.3) is 0 Å². The predicted octanol–water partition coefficient (Wildman–Crippen LogP) is 4.65. The minimum absolute atomic E-state index is 0.908. The van der Waals surface area contributed by atoms with Gasteiger partial charge < -0.3 is 5.32 Å². The first-order valence-electron chi connectivity index (χ1n) is 7.78. The Morgan fingerprint density at radius 2 is 1.53 bits per heavy atom. The molecule has 0 aliphatic rings. The molecular formula is C16H29N3. The lowest BCUT2D eigenvalue weighted by molar-refractivity contribution is 0.581. The van der Waals surface area contributed by atoms with Crippen LogP contribution in [0, 0.1) is 13.8 Å². The molecule has 1 heterocycles. The SMILES string of the molecule is CCCCCCCCCCNc1cnc(C)c(C)n1. The molecule has 1 rings (SSSR count). The van der Waals surface area contributed by atoms with Crippen LogP contribution in [0.5, 0.6) is 0 Å². The van der Waals surface area contributed by atoms with E-state index in [2.05, 4.69) is 22.2 Å². The second-order valence-electron chi connectivity index (χ2n) is 5.33. The third kappa shape index (κ3) is 7.14. The van der Waals surface area contributed by atoms with E-state index in [-0.39, 0.29) is 0 Å². The number of nitrogens with one attached hydrogen (secondary N) is 1. The van der Waals surface area contributed by atoms with Crippen LogP contribution < -0.4 is 5.32 Å². The number of nitrogens with zero attached hydrogens (tertiary/aromatic N) is 2. The Hall–Kier alpha value is -1.12. The van der Waals surface area contributed by atoms with Crippen LogP contribution in [-0.4, -0.2) is 16.5 Å². The Morgan fingerprint density at radius 3 is 2.16 bits per heavy atom. The molecule has 3 nitrogen and oxygen atoms in total. The lowest BCUT2D eigenvalue weighted by atomic mass is 10.1. The van der Waals surface area contributed by atoms with Gasteiger partial charge in [0, 0.05) is 6.54 Å². The van der Waals surface area contributed by atoms with Crippen molar-refractivity contribution in [2.45, 2.75) is 72.1 Å². The molecular weight excluding hydrogens is 234 g/mol. The van der Waals surface area contributed by atoms with E-state index in [0.717, 1.165) is 23.8 Å². The van der Waals surface area contributed by atoms with Crippen molar-refractivity contribution in [1.29, 1.82) is 0 Å². The number of hydrogen-bond acceptors (Lipinski definition) is 3. The zero-order valence-corrected chi connectivity index (χ0v) is 12.8. The van der Waals surface area contributed by atoms with E-state index in [9.17, 15) is 0 Å². The molecule has 0 radical (unpaired) electrons. The van der Waals surface area contributed by atoms with E-state index in [1.54, 1.807) is 0 Å². The minimum atomic E-state index is 0.908.